The van der Waals surface area contributed by atoms with Crippen LogP contribution in [0.15, 0.2) is 90.1 Å². The summed E-state index contributed by atoms with van der Waals surface area (Å²) in [6.07, 6.45) is 3.57. The van der Waals surface area contributed by atoms with Crippen LogP contribution in [0.3, 0.4) is 0 Å². The van der Waals surface area contributed by atoms with Crippen LogP contribution in [-0.4, -0.2) is 30.4 Å². The van der Waals surface area contributed by atoms with E-state index in [0.717, 1.165) is 27.4 Å². The number of benzene rings is 3. The molecule has 35 heavy (non-hydrogen) atoms. The Morgan fingerprint density at radius 1 is 1.09 bits per heavy atom. The molecule has 1 heterocycles. The molecule has 0 radical (unpaired) electrons. The van der Waals surface area contributed by atoms with E-state index in [1.807, 2.05) is 42.0 Å². The van der Waals surface area contributed by atoms with Crippen molar-refractivity contribution >= 4 is 33.2 Å². The van der Waals surface area contributed by atoms with Crippen molar-refractivity contribution in [1.82, 2.24) is 14.9 Å². The van der Waals surface area contributed by atoms with Crippen molar-refractivity contribution in [2.75, 3.05) is 10.8 Å². The van der Waals surface area contributed by atoms with Crippen molar-refractivity contribution in [2.24, 2.45) is 0 Å². The van der Waals surface area contributed by atoms with Crippen molar-refractivity contribution in [3.63, 3.8) is 0 Å². The van der Waals surface area contributed by atoms with E-state index >= 15 is 0 Å². The van der Waals surface area contributed by atoms with E-state index in [2.05, 4.69) is 10.3 Å². The number of amides is 1. The number of nitrogens with one attached hydrogen (secondary N) is 1. The monoisotopic (exact) mass is 512 g/mol. The molecule has 0 atom stereocenters. The zero-order valence-electron chi connectivity index (χ0n) is 18.7. The summed E-state index contributed by atoms with van der Waals surface area (Å²) in [6.45, 7) is 1.59. The van der Waals surface area contributed by atoms with Crippen molar-refractivity contribution in [3.8, 4) is 5.69 Å². The second-order valence-electron chi connectivity index (χ2n) is 7.71. The molecule has 10 heteroatoms. The second-order valence-corrected chi connectivity index (χ2v) is 9.98. The van der Waals surface area contributed by atoms with E-state index in [0.29, 0.717) is 0 Å². The Kier molecular flexibility index (Phi) is 7.18. The number of rotatable bonds is 8. The smallest absolute Gasteiger partial charge is 0.264 e. The predicted octanol–water partition coefficient (Wildman–Crippen LogP) is 4.48. The van der Waals surface area contributed by atoms with E-state index < -0.39 is 28.3 Å². The van der Waals surface area contributed by atoms with Crippen molar-refractivity contribution in [1.29, 1.82) is 0 Å². The maximum atomic E-state index is 13.7. The number of sulfonamides is 1. The first-order valence-corrected chi connectivity index (χ1v) is 12.5. The average molecular weight is 513 g/mol. The minimum Gasteiger partial charge on any atom is -0.350 e. The first-order valence-electron chi connectivity index (χ1n) is 10.6. The number of imidazole rings is 1. The van der Waals surface area contributed by atoms with Gasteiger partial charge in [-0.2, -0.15) is 0 Å². The van der Waals surface area contributed by atoms with Crippen LogP contribution >= 0.6 is 11.6 Å². The number of aromatic nitrogens is 2. The summed E-state index contributed by atoms with van der Waals surface area (Å²) in [5, 5.41) is 2.50. The van der Waals surface area contributed by atoms with Gasteiger partial charge >= 0.3 is 0 Å². The molecule has 4 rings (SSSR count). The zero-order valence-corrected chi connectivity index (χ0v) is 20.3. The van der Waals surface area contributed by atoms with Gasteiger partial charge in [-0.1, -0.05) is 41.9 Å². The molecule has 1 amide bonds. The first-order chi connectivity index (χ1) is 16.8. The SMILES string of the molecule is Cc1nccn1-c1ccc(CNC(=O)CN(c2ccc(F)c(Cl)c2)S(=O)(=O)c2ccccc2)cc1. The lowest BCUT2D eigenvalue weighted by Gasteiger charge is -2.24. The maximum absolute atomic E-state index is 13.7. The van der Waals surface area contributed by atoms with E-state index in [1.54, 1.807) is 24.4 Å². The Balaban J connectivity index is 1.51. The minimum atomic E-state index is -4.11. The summed E-state index contributed by atoms with van der Waals surface area (Å²) < 4.78 is 43.2. The second kappa shape index (κ2) is 10.3. The molecule has 0 bridgehead atoms. The van der Waals surface area contributed by atoms with Crippen LogP contribution in [0.1, 0.15) is 11.4 Å². The Bertz CT molecular complexity index is 1440. The lowest BCUT2D eigenvalue weighted by atomic mass is 10.2. The molecular weight excluding hydrogens is 491 g/mol. The van der Waals surface area contributed by atoms with Crippen LogP contribution in [0.5, 0.6) is 0 Å². The Morgan fingerprint density at radius 3 is 2.43 bits per heavy atom. The lowest BCUT2D eigenvalue weighted by Crippen LogP contribution is -2.40. The summed E-state index contributed by atoms with van der Waals surface area (Å²) in [5.41, 5.74) is 1.85. The fourth-order valence-corrected chi connectivity index (χ4v) is 5.10. The Morgan fingerprint density at radius 2 is 1.80 bits per heavy atom. The van der Waals surface area contributed by atoms with E-state index in [4.69, 9.17) is 11.6 Å². The molecule has 0 aliphatic carbocycles. The van der Waals surface area contributed by atoms with Crippen LogP contribution in [-0.2, 0) is 21.4 Å². The fraction of sp³-hybridized carbons (Fsp3) is 0.120. The first kappa shape index (κ1) is 24.4. The lowest BCUT2D eigenvalue weighted by molar-refractivity contribution is -0.119. The van der Waals surface area contributed by atoms with Crippen molar-refractivity contribution in [3.05, 3.63) is 107 Å². The van der Waals surface area contributed by atoms with Crippen molar-refractivity contribution < 1.29 is 17.6 Å². The predicted molar refractivity (Wildman–Crippen MR) is 133 cm³/mol. The third kappa shape index (κ3) is 5.52. The molecule has 7 nitrogen and oxygen atoms in total. The summed E-state index contributed by atoms with van der Waals surface area (Å²) in [7, 11) is -4.11. The van der Waals surface area contributed by atoms with Gasteiger partial charge in [-0.15, -0.1) is 0 Å². The highest BCUT2D eigenvalue weighted by atomic mass is 35.5. The molecule has 0 aliphatic heterocycles. The Labute approximate surface area is 207 Å². The average Bonchev–Trinajstić information content (AvgIpc) is 3.29. The van der Waals surface area contributed by atoms with Crippen LogP contribution in [0.2, 0.25) is 5.02 Å². The molecule has 180 valence electrons. The quantitative estimate of drug-likeness (QED) is 0.377. The van der Waals surface area contributed by atoms with Crippen LogP contribution < -0.4 is 9.62 Å². The van der Waals surface area contributed by atoms with E-state index in [-0.39, 0.29) is 22.2 Å². The molecule has 0 fully saturated rings. The number of hydrogen-bond acceptors (Lipinski definition) is 4. The Hall–Kier alpha value is -3.69. The van der Waals surface area contributed by atoms with Gasteiger partial charge in [0.05, 0.1) is 15.6 Å². The maximum Gasteiger partial charge on any atom is 0.264 e. The van der Waals surface area contributed by atoms with Crippen LogP contribution in [0.4, 0.5) is 10.1 Å². The molecule has 0 unspecified atom stereocenters. The molecule has 0 aliphatic rings. The molecule has 1 aromatic heterocycles. The van der Waals surface area contributed by atoms with Crippen LogP contribution in [0.25, 0.3) is 5.69 Å². The van der Waals surface area contributed by atoms with Gasteiger partial charge in [0.1, 0.15) is 18.2 Å². The summed E-state index contributed by atoms with van der Waals surface area (Å²) in [5.74, 6) is -0.364. The highest BCUT2D eigenvalue weighted by molar-refractivity contribution is 7.92. The number of carbonyl (C=O) groups is 1. The minimum absolute atomic E-state index is 0.00127. The van der Waals surface area contributed by atoms with Gasteiger partial charge in [0.25, 0.3) is 10.0 Å². The molecule has 0 saturated heterocycles. The topological polar surface area (TPSA) is 84.3 Å². The molecule has 4 aromatic rings. The van der Waals surface area contributed by atoms with E-state index in [1.165, 1.54) is 24.3 Å². The van der Waals surface area contributed by atoms with Crippen molar-refractivity contribution in [2.45, 2.75) is 18.4 Å². The fourth-order valence-electron chi connectivity index (χ4n) is 3.49. The number of nitrogens with zero attached hydrogens (tertiary/aromatic N) is 3. The van der Waals surface area contributed by atoms with Gasteiger partial charge in [-0.05, 0) is 55.0 Å². The van der Waals surface area contributed by atoms with Gasteiger partial charge in [-0.25, -0.2) is 17.8 Å². The molecule has 0 saturated carbocycles. The number of anilines is 1. The highest BCUT2D eigenvalue weighted by Gasteiger charge is 2.27. The van der Waals surface area contributed by atoms with Gasteiger partial charge in [-0.3, -0.25) is 9.10 Å². The number of halogens is 2. The largest absolute Gasteiger partial charge is 0.350 e. The summed E-state index contributed by atoms with van der Waals surface area (Å²) >= 11 is 5.89. The van der Waals surface area contributed by atoms with Gasteiger partial charge in [0.2, 0.25) is 5.91 Å². The van der Waals surface area contributed by atoms with Gasteiger partial charge in [0.15, 0.2) is 0 Å². The van der Waals surface area contributed by atoms with Gasteiger partial charge in [0, 0.05) is 24.6 Å². The van der Waals surface area contributed by atoms with Gasteiger partial charge < -0.3 is 9.88 Å². The number of carbonyl (C=O) groups excluding carboxylic acids is 1. The zero-order chi connectivity index (χ0) is 25.0. The molecule has 3 aromatic carbocycles. The standard InChI is InChI=1S/C25H22ClFN4O3S/c1-18-28-13-14-30(18)20-9-7-19(8-10-20)16-29-25(32)17-31(21-11-12-24(27)23(26)15-21)35(33,34)22-5-3-2-4-6-22/h2-15H,16-17H2,1H3,(H,29,32). The molecular formula is C25H22ClFN4O3S. The highest BCUT2D eigenvalue weighted by Crippen LogP contribution is 2.27. The third-order valence-electron chi connectivity index (χ3n) is 5.34. The third-order valence-corrected chi connectivity index (χ3v) is 7.42. The number of hydrogen-bond donors (Lipinski definition) is 1. The summed E-state index contributed by atoms with van der Waals surface area (Å²) in [6, 6.07) is 18.8. The van der Waals surface area contributed by atoms with E-state index in [9.17, 15) is 17.6 Å². The molecule has 1 N–H and O–H groups in total. The van der Waals surface area contributed by atoms with Crippen LogP contribution in [0, 0.1) is 12.7 Å². The summed E-state index contributed by atoms with van der Waals surface area (Å²) in [4.78, 5) is 17.0. The molecule has 0 spiro atoms. The number of aryl methyl sites for hydroxylation is 1. The normalized spacial score (nSPS) is 11.3.